The van der Waals surface area contributed by atoms with Crippen molar-refractivity contribution in [3.05, 3.63) is 174 Å². The van der Waals surface area contributed by atoms with Gasteiger partial charge in [0.2, 0.25) is 5.43 Å². The van der Waals surface area contributed by atoms with Crippen LogP contribution in [0.15, 0.2) is 177 Å². The fourth-order valence-electron chi connectivity index (χ4n) is 7.09. The third-order valence-corrected chi connectivity index (χ3v) is 10.8. The Morgan fingerprint density at radius 2 is 1.12 bits per heavy atom. The topological polar surface area (TPSA) is 33.5 Å². The molecule has 0 fully saturated rings. The van der Waals surface area contributed by atoms with Crippen molar-refractivity contribution in [3.8, 4) is 33.4 Å². The predicted molar refractivity (Wildman–Crippen MR) is 209 cm³/mol. The molecule has 0 atom stereocenters. The van der Waals surface area contributed by atoms with E-state index in [1.54, 1.807) is 0 Å². The molecule has 8 aromatic rings. The van der Waals surface area contributed by atoms with Gasteiger partial charge in [0.15, 0.2) is 0 Å². The molecule has 0 bridgehead atoms. The SMILES string of the molecule is CC(C)c1ccc2c(c1)-c1ccccc1N(c1ccc(-c3ccc4c(=O)c5ccccc5oc4c3)cc1)c1ccccc1-c1ccccc1S2. The van der Waals surface area contributed by atoms with E-state index in [9.17, 15) is 4.79 Å². The van der Waals surface area contributed by atoms with Gasteiger partial charge in [-0.25, -0.2) is 0 Å². The molecule has 0 N–H and O–H groups in total. The molecule has 0 amide bonds. The molecule has 50 heavy (non-hydrogen) atoms. The van der Waals surface area contributed by atoms with Crippen LogP contribution in [0.5, 0.6) is 0 Å². The van der Waals surface area contributed by atoms with Crippen LogP contribution in [0.25, 0.3) is 55.3 Å². The van der Waals surface area contributed by atoms with Gasteiger partial charge in [0.25, 0.3) is 0 Å². The Kier molecular flexibility index (Phi) is 7.40. The van der Waals surface area contributed by atoms with E-state index < -0.39 is 0 Å². The summed E-state index contributed by atoms with van der Waals surface area (Å²) >= 11 is 1.84. The summed E-state index contributed by atoms with van der Waals surface area (Å²) < 4.78 is 6.20. The number of fused-ring (bicyclic) bond motifs is 8. The highest BCUT2D eigenvalue weighted by Crippen LogP contribution is 2.51. The second-order valence-electron chi connectivity index (χ2n) is 13.1. The molecule has 7 aromatic carbocycles. The quantitative estimate of drug-likeness (QED) is 0.176. The van der Waals surface area contributed by atoms with Crippen LogP contribution < -0.4 is 10.3 Å². The van der Waals surface area contributed by atoms with Crippen molar-refractivity contribution in [1.29, 1.82) is 0 Å². The van der Waals surface area contributed by atoms with E-state index in [1.165, 1.54) is 37.6 Å². The van der Waals surface area contributed by atoms with E-state index in [-0.39, 0.29) is 5.43 Å². The summed E-state index contributed by atoms with van der Waals surface area (Å²) in [5, 5.41) is 1.19. The molecule has 1 aliphatic heterocycles. The maximum Gasteiger partial charge on any atom is 0.200 e. The van der Waals surface area contributed by atoms with Crippen LogP contribution in [0, 0.1) is 0 Å². The summed E-state index contributed by atoms with van der Waals surface area (Å²) in [5.41, 5.74) is 12.6. The first kappa shape index (κ1) is 30.2. The Morgan fingerprint density at radius 3 is 1.88 bits per heavy atom. The van der Waals surface area contributed by atoms with Crippen LogP contribution in [-0.2, 0) is 0 Å². The van der Waals surface area contributed by atoms with Crippen LogP contribution in [0.4, 0.5) is 17.1 Å². The number of para-hydroxylation sites is 3. The predicted octanol–water partition coefficient (Wildman–Crippen LogP) is 13.0. The third-order valence-electron chi connectivity index (χ3n) is 9.68. The number of benzene rings is 7. The summed E-state index contributed by atoms with van der Waals surface area (Å²) in [6.45, 7) is 4.51. The summed E-state index contributed by atoms with van der Waals surface area (Å²) in [4.78, 5) is 18.1. The molecular weight excluding hydrogens is 631 g/mol. The maximum atomic E-state index is 13.2. The molecule has 2 heterocycles. The van der Waals surface area contributed by atoms with Crippen LogP contribution >= 0.6 is 11.8 Å². The third kappa shape index (κ3) is 5.12. The lowest BCUT2D eigenvalue weighted by molar-refractivity contribution is 0.660. The van der Waals surface area contributed by atoms with Gasteiger partial charge in [-0.3, -0.25) is 4.79 Å². The standard InChI is InChI=1S/C46H33NO2S/c1-29(2)31-22-26-45-39(27-31)35-12-4-8-16-41(35)47(40-15-7-3-11-34(40)36-13-6-10-18-44(36)50-45)33-23-19-30(20-24-33)32-21-25-38-43(28-32)49-42-17-9-5-14-37(42)46(38)48/h3-29H,1-2H3. The second-order valence-corrected chi connectivity index (χ2v) is 14.1. The van der Waals surface area contributed by atoms with Gasteiger partial charge in [0, 0.05) is 26.6 Å². The maximum absolute atomic E-state index is 13.2. The molecule has 4 heteroatoms. The fraction of sp³-hybridized carbons (Fsp3) is 0.0652. The highest BCUT2D eigenvalue weighted by Gasteiger charge is 2.25. The molecule has 0 saturated heterocycles. The average Bonchev–Trinajstić information content (AvgIpc) is 3.16. The minimum absolute atomic E-state index is 0.00746. The zero-order valence-corrected chi connectivity index (χ0v) is 28.6. The van der Waals surface area contributed by atoms with Gasteiger partial charge >= 0.3 is 0 Å². The average molecular weight is 664 g/mol. The Labute approximate surface area is 295 Å². The Bertz CT molecular complexity index is 2640. The first-order chi connectivity index (χ1) is 24.5. The summed E-state index contributed by atoms with van der Waals surface area (Å²) in [5.74, 6) is 0.409. The molecule has 1 aromatic heterocycles. The lowest BCUT2D eigenvalue weighted by Gasteiger charge is -2.31. The monoisotopic (exact) mass is 663 g/mol. The molecule has 0 saturated carbocycles. The Morgan fingerprint density at radius 1 is 0.520 bits per heavy atom. The van der Waals surface area contributed by atoms with Crippen LogP contribution in [0.1, 0.15) is 25.3 Å². The molecule has 0 radical (unpaired) electrons. The van der Waals surface area contributed by atoms with Gasteiger partial charge in [-0.2, -0.15) is 0 Å². The lowest BCUT2D eigenvalue weighted by Crippen LogP contribution is -2.13. The van der Waals surface area contributed by atoms with Gasteiger partial charge < -0.3 is 9.32 Å². The minimum Gasteiger partial charge on any atom is -0.456 e. The van der Waals surface area contributed by atoms with E-state index in [1.807, 2.05) is 54.2 Å². The highest BCUT2D eigenvalue weighted by molar-refractivity contribution is 7.99. The fourth-order valence-corrected chi connectivity index (χ4v) is 8.17. The minimum atomic E-state index is -0.00746. The second kappa shape index (κ2) is 12.2. The van der Waals surface area contributed by atoms with Crippen LogP contribution in [-0.4, -0.2) is 0 Å². The van der Waals surface area contributed by atoms with Gasteiger partial charge in [0.1, 0.15) is 11.2 Å². The Hall–Kier alpha value is -5.84. The summed E-state index contributed by atoms with van der Waals surface area (Å²) in [6, 6.07) is 55.2. The normalized spacial score (nSPS) is 12.3. The van der Waals surface area contributed by atoms with Crippen molar-refractivity contribution in [2.45, 2.75) is 29.6 Å². The van der Waals surface area contributed by atoms with Crippen molar-refractivity contribution in [3.63, 3.8) is 0 Å². The highest BCUT2D eigenvalue weighted by atomic mass is 32.2. The van der Waals surface area contributed by atoms with Gasteiger partial charge in [-0.1, -0.05) is 117 Å². The van der Waals surface area contributed by atoms with E-state index in [2.05, 4.69) is 134 Å². The molecule has 240 valence electrons. The van der Waals surface area contributed by atoms with Crippen LogP contribution in [0.3, 0.4) is 0 Å². The molecule has 3 nitrogen and oxygen atoms in total. The largest absolute Gasteiger partial charge is 0.456 e. The summed E-state index contributed by atoms with van der Waals surface area (Å²) in [7, 11) is 0. The molecule has 0 spiro atoms. The number of nitrogens with zero attached hydrogens (tertiary/aromatic N) is 1. The lowest BCUT2D eigenvalue weighted by atomic mass is 9.95. The van der Waals surface area contributed by atoms with Crippen molar-refractivity contribution in [2.75, 3.05) is 4.90 Å². The van der Waals surface area contributed by atoms with Gasteiger partial charge in [0.05, 0.1) is 22.1 Å². The van der Waals surface area contributed by atoms with Crippen LogP contribution in [0.2, 0.25) is 0 Å². The number of rotatable bonds is 3. The molecule has 1 aliphatic rings. The zero-order chi connectivity index (χ0) is 33.8. The van der Waals surface area contributed by atoms with Crippen molar-refractivity contribution >= 4 is 50.8 Å². The van der Waals surface area contributed by atoms with Crippen molar-refractivity contribution in [2.24, 2.45) is 0 Å². The molecular formula is C46H33NO2S. The number of hydrogen-bond acceptors (Lipinski definition) is 4. The van der Waals surface area contributed by atoms with Gasteiger partial charge in [-0.05, 0) is 100 Å². The Balaban J connectivity index is 1.24. The number of anilines is 3. The zero-order valence-electron chi connectivity index (χ0n) is 27.8. The molecule has 0 unspecified atom stereocenters. The van der Waals surface area contributed by atoms with E-state index in [0.717, 1.165) is 28.2 Å². The summed E-state index contributed by atoms with van der Waals surface area (Å²) in [6.07, 6.45) is 0. The first-order valence-corrected chi connectivity index (χ1v) is 17.8. The first-order valence-electron chi connectivity index (χ1n) is 17.0. The van der Waals surface area contributed by atoms with E-state index >= 15 is 0 Å². The number of hydrogen-bond donors (Lipinski definition) is 0. The van der Waals surface area contributed by atoms with Crippen molar-refractivity contribution in [1.82, 2.24) is 0 Å². The van der Waals surface area contributed by atoms with E-state index in [4.69, 9.17) is 4.42 Å². The smallest absolute Gasteiger partial charge is 0.200 e. The molecule has 0 aliphatic carbocycles. The molecule has 9 rings (SSSR count). The van der Waals surface area contributed by atoms with E-state index in [0.29, 0.717) is 27.9 Å². The van der Waals surface area contributed by atoms with Gasteiger partial charge in [-0.15, -0.1) is 0 Å². The van der Waals surface area contributed by atoms with Crippen molar-refractivity contribution < 1.29 is 4.42 Å².